The number of fused-ring (bicyclic) bond motifs is 2. The normalized spacial score (nSPS) is 26.9. The lowest BCUT2D eigenvalue weighted by Gasteiger charge is -2.43. The second kappa shape index (κ2) is 10.1. The van der Waals surface area contributed by atoms with Gasteiger partial charge in [-0.25, -0.2) is 9.97 Å². The molecule has 3 atom stereocenters. The van der Waals surface area contributed by atoms with Gasteiger partial charge in [-0.3, -0.25) is 4.90 Å². The van der Waals surface area contributed by atoms with Crippen LogP contribution in [0, 0.1) is 5.92 Å². The summed E-state index contributed by atoms with van der Waals surface area (Å²) >= 11 is 0. The molecule has 0 saturated carbocycles. The van der Waals surface area contributed by atoms with Crippen molar-refractivity contribution in [3.05, 3.63) is 18.0 Å². The van der Waals surface area contributed by atoms with E-state index >= 15 is 0 Å². The van der Waals surface area contributed by atoms with Gasteiger partial charge in [0, 0.05) is 68.3 Å². The maximum absolute atomic E-state index is 4.83. The first-order valence-electron chi connectivity index (χ1n) is 12.7. The van der Waals surface area contributed by atoms with Crippen LogP contribution in [0.1, 0.15) is 65.4 Å². The molecule has 31 heavy (non-hydrogen) atoms. The fourth-order valence-corrected chi connectivity index (χ4v) is 5.91. The van der Waals surface area contributed by atoms with Gasteiger partial charge in [-0.15, -0.1) is 0 Å². The topological polar surface area (TPSA) is 38.7 Å². The van der Waals surface area contributed by atoms with Crippen LogP contribution in [0.5, 0.6) is 0 Å². The molecule has 1 aromatic heterocycles. The van der Waals surface area contributed by atoms with Gasteiger partial charge in [0.25, 0.3) is 0 Å². The number of piperidine rings is 1. The summed E-state index contributed by atoms with van der Waals surface area (Å²) in [6.45, 7) is 16.2. The van der Waals surface area contributed by atoms with Crippen LogP contribution in [-0.2, 0) is 6.54 Å². The standard InChI is InChI=1S/C25H44N6/c1-6-20(4)30-17-23-7-8-24(18-30)31(23)25-26-13-22(14-27-25)16-28(5)15-21-9-11-29(12-10-21)19(2)3/h13-14,19-21,23-24H,6-12,15-18H2,1-5H3. The van der Waals surface area contributed by atoms with Crippen molar-refractivity contribution in [2.75, 3.05) is 44.7 Å². The molecule has 6 heteroatoms. The molecule has 0 spiro atoms. The van der Waals surface area contributed by atoms with Gasteiger partial charge in [-0.1, -0.05) is 6.92 Å². The van der Waals surface area contributed by atoms with Gasteiger partial charge in [0.2, 0.25) is 5.95 Å². The first-order chi connectivity index (χ1) is 14.9. The van der Waals surface area contributed by atoms with Crippen LogP contribution in [0.4, 0.5) is 5.95 Å². The van der Waals surface area contributed by atoms with Crippen molar-refractivity contribution in [2.24, 2.45) is 5.92 Å². The molecule has 3 aliphatic heterocycles. The highest BCUT2D eigenvalue weighted by molar-refractivity contribution is 5.37. The molecule has 174 valence electrons. The Morgan fingerprint density at radius 2 is 1.58 bits per heavy atom. The first kappa shape index (κ1) is 22.9. The van der Waals surface area contributed by atoms with Gasteiger partial charge >= 0.3 is 0 Å². The van der Waals surface area contributed by atoms with Crippen LogP contribution in [0.2, 0.25) is 0 Å². The Morgan fingerprint density at radius 1 is 0.968 bits per heavy atom. The molecule has 0 aliphatic carbocycles. The minimum Gasteiger partial charge on any atom is -0.332 e. The highest BCUT2D eigenvalue weighted by Crippen LogP contribution is 2.34. The van der Waals surface area contributed by atoms with Crippen molar-refractivity contribution in [3.8, 4) is 0 Å². The molecule has 4 heterocycles. The predicted molar refractivity (Wildman–Crippen MR) is 128 cm³/mol. The molecule has 3 aliphatic rings. The lowest BCUT2D eigenvalue weighted by molar-refractivity contribution is 0.127. The van der Waals surface area contributed by atoms with Crippen molar-refractivity contribution in [1.29, 1.82) is 0 Å². The second-order valence-electron chi connectivity index (χ2n) is 10.7. The molecule has 2 bridgehead atoms. The van der Waals surface area contributed by atoms with E-state index in [1.54, 1.807) is 0 Å². The quantitative estimate of drug-likeness (QED) is 0.631. The zero-order valence-electron chi connectivity index (χ0n) is 20.5. The van der Waals surface area contributed by atoms with E-state index in [1.807, 2.05) is 0 Å². The van der Waals surface area contributed by atoms with Crippen LogP contribution in [0.15, 0.2) is 12.4 Å². The zero-order valence-corrected chi connectivity index (χ0v) is 20.5. The summed E-state index contributed by atoms with van der Waals surface area (Å²) in [5.41, 5.74) is 1.23. The predicted octanol–water partition coefficient (Wildman–Crippen LogP) is 3.48. The van der Waals surface area contributed by atoms with Crippen LogP contribution >= 0.6 is 0 Å². The third kappa shape index (κ3) is 5.40. The smallest absolute Gasteiger partial charge is 0.225 e. The molecule has 3 saturated heterocycles. The number of hydrogen-bond donors (Lipinski definition) is 0. The third-order valence-corrected chi connectivity index (χ3v) is 8.05. The van der Waals surface area contributed by atoms with Gasteiger partial charge in [0.1, 0.15) is 0 Å². The molecule has 0 N–H and O–H groups in total. The molecule has 6 nitrogen and oxygen atoms in total. The summed E-state index contributed by atoms with van der Waals surface area (Å²) in [6, 6.07) is 2.53. The fourth-order valence-electron chi connectivity index (χ4n) is 5.91. The Morgan fingerprint density at radius 3 is 2.13 bits per heavy atom. The van der Waals surface area contributed by atoms with Crippen LogP contribution in [0.25, 0.3) is 0 Å². The highest BCUT2D eigenvalue weighted by atomic mass is 15.4. The van der Waals surface area contributed by atoms with Gasteiger partial charge in [-0.05, 0) is 78.9 Å². The summed E-state index contributed by atoms with van der Waals surface area (Å²) in [7, 11) is 2.25. The Bertz CT molecular complexity index is 670. The molecule has 1 aromatic rings. The number of piperazine rings is 1. The molecule has 0 radical (unpaired) electrons. The van der Waals surface area contributed by atoms with Crippen molar-refractivity contribution >= 4 is 5.95 Å². The molecule has 4 rings (SSSR count). The Balaban J connectivity index is 1.28. The van der Waals surface area contributed by atoms with E-state index in [0.29, 0.717) is 24.2 Å². The summed E-state index contributed by atoms with van der Waals surface area (Å²) < 4.78 is 0. The Labute approximate surface area is 190 Å². The minimum absolute atomic E-state index is 0.581. The molecule has 0 amide bonds. The van der Waals surface area contributed by atoms with Crippen molar-refractivity contribution < 1.29 is 0 Å². The van der Waals surface area contributed by atoms with E-state index in [-0.39, 0.29) is 0 Å². The fraction of sp³-hybridized carbons (Fsp3) is 0.840. The molecule has 3 fully saturated rings. The van der Waals surface area contributed by atoms with E-state index in [4.69, 9.17) is 9.97 Å². The average molecular weight is 429 g/mol. The SMILES string of the molecule is CCC(C)N1CC2CCC(C1)N2c1ncc(CN(C)CC2CCN(C(C)C)CC2)cn1. The number of anilines is 1. The lowest BCUT2D eigenvalue weighted by Crippen LogP contribution is -2.56. The molecule has 3 unspecified atom stereocenters. The number of nitrogens with zero attached hydrogens (tertiary/aromatic N) is 6. The molecule has 0 aromatic carbocycles. The number of aromatic nitrogens is 2. The zero-order chi connectivity index (χ0) is 22.0. The minimum atomic E-state index is 0.581. The summed E-state index contributed by atoms with van der Waals surface area (Å²) in [5, 5.41) is 0. The van der Waals surface area contributed by atoms with Crippen molar-refractivity contribution in [2.45, 2.75) is 90.5 Å². The summed E-state index contributed by atoms with van der Waals surface area (Å²) in [6.07, 6.45) is 10.6. The number of rotatable bonds is 8. The van der Waals surface area contributed by atoms with Crippen LogP contribution < -0.4 is 4.90 Å². The largest absolute Gasteiger partial charge is 0.332 e. The maximum atomic E-state index is 4.83. The second-order valence-corrected chi connectivity index (χ2v) is 10.7. The molecular formula is C25H44N6. The number of hydrogen-bond acceptors (Lipinski definition) is 6. The van der Waals surface area contributed by atoms with Gasteiger partial charge in [0.15, 0.2) is 0 Å². The van der Waals surface area contributed by atoms with E-state index in [0.717, 1.165) is 31.5 Å². The van der Waals surface area contributed by atoms with Crippen LogP contribution in [-0.4, -0.2) is 88.6 Å². The average Bonchev–Trinajstić information content (AvgIpc) is 3.03. The van der Waals surface area contributed by atoms with E-state index in [9.17, 15) is 0 Å². The lowest BCUT2D eigenvalue weighted by atomic mass is 9.95. The van der Waals surface area contributed by atoms with Gasteiger partial charge in [0.05, 0.1) is 0 Å². The third-order valence-electron chi connectivity index (χ3n) is 8.05. The van der Waals surface area contributed by atoms with Crippen molar-refractivity contribution in [1.82, 2.24) is 24.7 Å². The van der Waals surface area contributed by atoms with Gasteiger partial charge in [-0.2, -0.15) is 0 Å². The Kier molecular flexibility index (Phi) is 7.50. The van der Waals surface area contributed by atoms with E-state index < -0.39 is 0 Å². The van der Waals surface area contributed by atoms with Gasteiger partial charge < -0.3 is 14.7 Å². The summed E-state index contributed by atoms with van der Waals surface area (Å²) in [5.74, 6) is 1.77. The number of likely N-dealkylation sites (tertiary alicyclic amines) is 2. The van der Waals surface area contributed by atoms with E-state index in [1.165, 1.54) is 57.3 Å². The monoisotopic (exact) mass is 428 g/mol. The maximum Gasteiger partial charge on any atom is 0.225 e. The Hall–Kier alpha value is -1.24. The van der Waals surface area contributed by atoms with Crippen LogP contribution in [0.3, 0.4) is 0 Å². The van der Waals surface area contributed by atoms with Crippen molar-refractivity contribution in [3.63, 3.8) is 0 Å². The van der Waals surface area contributed by atoms with E-state index in [2.05, 4.69) is 66.7 Å². The molecular weight excluding hydrogens is 384 g/mol. The first-order valence-corrected chi connectivity index (χ1v) is 12.7. The highest BCUT2D eigenvalue weighted by Gasteiger charge is 2.42. The summed E-state index contributed by atoms with van der Waals surface area (Å²) in [4.78, 5) is 19.9.